The SMILES string of the molecule is CCC1CCC(N(C)c2c(CCN)c(C)nn2C)CC1. The maximum atomic E-state index is 5.77. The summed E-state index contributed by atoms with van der Waals surface area (Å²) >= 11 is 0. The van der Waals surface area contributed by atoms with Crippen LogP contribution in [0.25, 0.3) is 0 Å². The largest absolute Gasteiger partial charge is 0.357 e. The van der Waals surface area contributed by atoms with Gasteiger partial charge in [0.2, 0.25) is 0 Å². The maximum Gasteiger partial charge on any atom is 0.130 e. The van der Waals surface area contributed by atoms with Crippen LogP contribution in [0.15, 0.2) is 0 Å². The zero-order valence-corrected chi connectivity index (χ0v) is 13.5. The Kier molecular flexibility index (Phi) is 5.08. The van der Waals surface area contributed by atoms with Crippen molar-refractivity contribution in [2.75, 3.05) is 18.5 Å². The molecule has 1 fully saturated rings. The Morgan fingerprint density at radius 1 is 1.30 bits per heavy atom. The van der Waals surface area contributed by atoms with Crippen molar-refractivity contribution in [3.05, 3.63) is 11.3 Å². The number of hydrogen-bond donors (Lipinski definition) is 1. The summed E-state index contributed by atoms with van der Waals surface area (Å²) in [4.78, 5) is 2.46. The van der Waals surface area contributed by atoms with Crippen molar-refractivity contribution < 1.29 is 0 Å². The second kappa shape index (κ2) is 6.61. The lowest BCUT2D eigenvalue weighted by Crippen LogP contribution is -2.36. The number of nitrogens with two attached hydrogens (primary N) is 1. The number of aromatic nitrogens is 2. The number of nitrogens with zero attached hydrogens (tertiary/aromatic N) is 3. The Bertz CT molecular complexity index is 430. The predicted octanol–water partition coefficient (Wildman–Crippen LogP) is 2.63. The summed E-state index contributed by atoms with van der Waals surface area (Å²) in [6, 6.07) is 0.657. The molecule has 0 unspecified atom stereocenters. The average Bonchev–Trinajstić information content (AvgIpc) is 2.73. The molecule has 1 heterocycles. The molecule has 114 valence electrons. The van der Waals surface area contributed by atoms with E-state index in [9.17, 15) is 0 Å². The molecule has 20 heavy (non-hydrogen) atoms. The van der Waals surface area contributed by atoms with Gasteiger partial charge >= 0.3 is 0 Å². The van der Waals surface area contributed by atoms with E-state index in [1.54, 1.807) is 0 Å². The molecule has 0 atom stereocenters. The first-order valence-corrected chi connectivity index (χ1v) is 8.03. The van der Waals surface area contributed by atoms with Gasteiger partial charge in [-0.2, -0.15) is 5.10 Å². The molecule has 1 aliphatic carbocycles. The summed E-state index contributed by atoms with van der Waals surface area (Å²) in [6.07, 6.45) is 7.61. The molecule has 0 amide bonds. The second-order valence-electron chi connectivity index (χ2n) is 6.24. The Balaban J connectivity index is 2.15. The van der Waals surface area contributed by atoms with Gasteiger partial charge in [-0.05, 0) is 51.5 Å². The van der Waals surface area contributed by atoms with Crippen LogP contribution in [-0.4, -0.2) is 29.4 Å². The van der Waals surface area contributed by atoms with Crippen LogP contribution in [0.4, 0.5) is 5.82 Å². The van der Waals surface area contributed by atoms with E-state index in [1.807, 2.05) is 4.68 Å². The third kappa shape index (κ3) is 3.00. The Morgan fingerprint density at radius 3 is 2.50 bits per heavy atom. The van der Waals surface area contributed by atoms with Gasteiger partial charge in [-0.1, -0.05) is 13.3 Å². The fraction of sp³-hybridized carbons (Fsp3) is 0.812. The van der Waals surface area contributed by atoms with Crippen LogP contribution in [-0.2, 0) is 13.5 Å². The molecule has 0 aliphatic heterocycles. The zero-order chi connectivity index (χ0) is 14.7. The summed E-state index contributed by atoms with van der Waals surface area (Å²) in [6.45, 7) is 5.10. The number of anilines is 1. The standard InChI is InChI=1S/C16H30N4/c1-5-13-6-8-14(9-7-13)19(3)16-15(10-11-17)12(2)18-20(16)4/h13-14H,5-11,17H2,1-4H3. The fourth-order valence-corrected chi connectivity index (χ4v) is 3.68. The first kappa shape index (κ1) is 15.4. The van der Waals surface area contributed by atoms with Gasteiger partial charge in [-0.3, -0.25) is 4.68 Å². The average molecular weight is 278 g/mol. The zero-order valence-electron chi connectivity index (χ0n) is 13.5. The molecular formula is C16H30N4. The number of aryl methyl sites for hydroxylation is 2. The summed E-state index contributed by atoms with van der Waals surface area (Å²) in [5.74, 6) is 2.21. The first-order chi connectivity index (χ1) is 9.58. The third-order valence-electron chi connectivity index (χ3n) is 4.98. The third-order valence-corrected chi connectivity index (χ3v) is 4.98. The van der Waals surface area contributed by atoms with Crippen molar-refractivity contribution in [1.29, 1.82) is 0 Å². The monoisotopic (exact) mass is 278 g/mol. The molecule has 2 rings (SSSR count). The van der Waals surface area contributed by atoms with Crippen molar-refractivity contribution in [2.45, 2.75) is 58.4 Å². The van der Waals surface area contributed by atoms with E-state index >= 15 is 0 Å². The molecule has 0 spiro atoms. The molecule has 0 saturated heterocycles. The lowest BCUT2D eigenvalue weighted by molar-refractivity contribution is 0.312. The van der Waals surface area contributed by atoms with Gasteiger partial charge in [0.25, 0.3) is 0 Å². The van der Waals surface area contributed by atoms with Crippen LogP contribution in [0.5, 0.6) is 0 Å². The van der Waals surface area contributed by atoms with E-state index in [1.165, 1.54) is 43.5 Å². The van der Waals surface area contributed by atoms with Gasteiger partial charge in [0, 0.05) is 25.7 Å². The highest BCUT2D eigenvalue weighted by Crippen LogP contribution is 2.33. The highest BCUT2D eigenvalue weighted by molar-refractivity contribution is 5.50. The molecule has 0 bridgehead atoms. The highest BCUT2D eigenvalue weighted by atomic mass is 15.4. The number of hydrogen-bond acceptors (Lipinski definition) is 3. The topological polar surface area (TPSA) is 47.1 Å². The summed E-state index contributed by atoms with van der Waals surface area (Å²) < 4.78 is 2.03. The van der Waals surface area contributed by atoms with E-state index in [-0.39, 0.29) is 0 Å². The van der Waals surface area contributed by atoms with Crippen LogP contribution in [0.2, 0.25) is 0 Å². The molecule has 0 radical (unpaired) electrons. The molecule has 1 aliphatic rings. The van der Waals surface area contributed by atoms with Crippen LogP contribution in [0, 0.1) is 12.8 Å². The summed E-state index contributed by atoms with van der Waals surface area (Å²) in [7, 11) is 4.28. The number of rotatable bonds is 5. The van der Waals surface area contributed by atoms with E-state index in [0.29, 0.717) is 12.6 Å². The molecule has 4 nitrogen and oxygen atoms in total. The van der Waals surface area contributed by atoms with Crippen LogP contribution < -0.4 is 10.6 Å². The van der Waals surface area contributed by atoms with Gasteiger partial charge in [-0.15, -0.1) is 0 Å². The predicted molar refractivity (Wildman–Crippen MR) is 85.1 cm³/mol. The Morgan fingerprint density at radius 2 is 1.95 bits per heavy atom. The van der Waals surface area contributed by atoms with Gasteiger partial charge in [0.15, 0.2) is 0 Å². The van der Waals surface area contributed by atoms with Gasteiger partial charge in [0.1, 0.15) is 5.82 Å². The first-order valence-electron chi connectivity index (χ1n) is 8.03. The minimum Gasteiger partial charge on any atom is -0.357 e. The lowest BCUT2D eigenvalue weighted by atomic mass is 9.84. The maximum absolute atomic E-state index is 5.77. The fourth-order valence-electron chi connectivity index (χ4n) is 3.68. The Labute approximate surface area is 123 Å². The highest BCUT2D eigenvalue weighted by Gasteiger charge is 2.26. The van der Waals surface area contributed by atoms with Crippen molar-refractivity contribution in [3.8, 4) is 0 Å². The molecular weight excluding hydrogens is 248 g/mol. The van der Waals surface area contributed by atoms with Gasteiger partial charge < -0.3 is 10.6 Å². The minimum atomic E-state index is 0.657. The molecule has 1 aromatic rings. The minimum absolute atomic E-state index is 0.657. The van der Waals surface area contributed by atoms with Crippen molar-refractivity contribution in [2.24, 2.45) is 18.7 Å². The van der Waals surface area contributed by atoms with E-state index in [0.717, 1.165) is 18.0 Å². The molecule has 1 aromatic heterocycles. The van der Waals surface area contributed by atoms with Crippen LogP contribution in [0.3, 0.4) is 0 Å². The molecule has 1 saturated carbocycles. The second-order valence-corrected chi connectivity index (χ2v) is 6.24. The van der Waals surface area contributed by atoms with Gasteiger partial charge in [-0.25, -0.2) is 0 Å². The van der Waals surface area contributed by atoms with Crippen molar-refractivity contribution in [3.63, 3.8) is 0 Å². The van der Waals surface area contributed by atoms with Crippen molar-refractivity contribution in [1.82, 2.24) is 9.78 Å². The molecule has 0 aromatic carbocycles. The van der Waals surface area contributed by atoms with Crippen molar-refractivity contribution >= 4 is 5.82 Å². The molecule has 4 heteroatoms. The lowest BCUT2D eigenvalue weighted by Gasteiger charge is -2.36. The van der Waals surface area contributed by atoms with E-state index in [4.69, 9.17) is 5.73 Å². The Hall–Kier alpha value is -1.03. The summed E-state index contributed by atoms with van der Waals surface area (Å²) in [5, 5.41) is 4.60. The summed E-state index contributed by atoms with van der Waals surface area (Å²) in [5.41, 5.74) is 8.22. The van der Waals surface area contributed by atoms with Crippen LogP contribution >= 0.6 is 0 Å². The quantitative estimate of drug-likeness (QED) is 0.900. The normalized spacial score (nSPS) is 23.1. The smallest absolute Gasteiger partial charge is 0.130 e. The van der Waals surface area contributed by atoms with E-state index < -0.39 is 0 Å². The molecule has 2 N–H and O–H groups in total. The van der Waals surface area contributed by atoms with Crippen LogP contribution in [0.1, 0.15) is 50.3 Å². The van der Waals surface area contributed by atoms with Gasteiger partial charge in [0.05, 0.1) is 5.69 Å². The van der Waals surface area contributed by atoms with E-state index in [2.05, 4.69) is 37.9 Å².